The standard InChI is InChI=1S/C25H27N5O5S/c1-25(2,3)22-20-21(19(24(31)32)14-27-23(20)29(4)28-22)30(15-16-7-6-12-26-13-16)36(33,34)18-10-8-17(35-5)9-11-18/h6-14H,15H2,1-5H3,(H,31,32). The third kappa shape index (κ3) is 4.49. The molecule has 0 spiro atoms. The normalized spacial score (nSPS) is 12.0. The lowest BCUT2D eigenvalue weighted by Crippen LogP contribution is -2.32. The van der Waals surface area contributed by atoms with Gasteiger partial charge in [0.25, 0.3) is 10.0 Å². The summed E-state index contributed by atoms with van der Waals surface area (Å²) in [6.07, 6.45) is 4.30. The molecule has 3 aromatic heterocycles. The number of sulfonamides is 1. The van der Waals surface area contributed by atoms with E-state index in [-0.39, 0.29) is 22.7 Å². The number of hydrogen-bond acceptors (Lipinski definition) is 7. The van der Waals surface area contributed by atoms with Crippen LogP contribution in [-0.4, -0.2) is 46.4 Å². The van der Waals surface area contributed by atoms with E-state index in [4.69, 9.17) is 4.74 Å². The molecule has 1 N–H and O–H groups in total. The minimum absolute atomic E-state index is 0.00481. The molecule has 0 aliphatic rings. The maximum Gasteiger partial charge on any atom is 0.339 e. The maximum atomic E-state index is 14.1. The van der Waals surface area contributed by atoms with Crippen LogP contribution in [0.25, 0.3) is 11.0 Å². The fourth-order valence-corrected chi connectivity index (χ4v) is 5.44. The minimum Gasteiger partial charge on any atom is -0.497 e. The van der Waals surface area contributed by atoms with Crippen molar-refractivity contribution < 1.29 is 23.1 Å². The number of pyridine rings is 2. The average molecular weight is 510 g/mol. The first-order valence-electron chi connectivity index (χ1n) is 11.1. The van der Waals surface area contributed by atoms with E-state index in [0.717, 1.165) is 4.31 Å². The second-order valence-electron chi connectivity index (χ2n) is 9.29. The Hall–Kier alpha value is -3.99. The van der Waals surface area contributed by atoms with Crippen LogP contribution in [0.4, 0.5) is 5.69 Å². The summed E-state index contributed by atoms with van der Waals surface area (Å²) in [5.41, 5.74) is 0.716. The number of rotatable bonds is 7. The zero-order valence-corrected chi connectivity index (χ0v) is 21.4. The van der Waals surface area contributed by atoms with Gasteiger partial charge >= 0.3 is 5.97 Å². The lowest BCUT2D eigenvalue weighted by Gasteiger charge is -2.28. The van der Waals surface area contributed by atoms with Gasteiger partial charge in [-0.15, -0.1) is 0 Å². The predicted octanol–water partition coefficient (Wildman–Crippen LogP) is 3.76. The number of nitrogens with zero attached hydrogens (tertiary/aromatic N) is 5. The van der Waals surface area contributed by atoms with Crippen LogP contribution in [0.1, 0.15) is 42.4 Å². The van der Waals surface area contributed by atoms with Crippen molar-refractivity contribution in [2.24, 2.45) is 7.05 Å². The zero-order chi connectivity index (χ0) is 26.3. The Labute approximate surface area is 209 Å². The molecule has 11 heteroatoms. The summed E-state index contributed by atoms with van der Waals surface area (Å²) in [6.45, 7) is 5.63. The molecule has 1 aromatic carbocycles. The topological polar surface area (TPSA) is 128 Å². The van der Waals surface area contributed by atoms with E-state index in [2.05, 4.69) is 15.1 Å². The van der Waals surface area contributed by atoms with Crippen molar-refractivity contribution in [1.29, 1.82) is 0 Å². The second kappa shape index (κ2) is 9.23. The zero-order valence-electron chi connectivity index (χ0n) is 20.6. The molecule has 36 heavy (non-hydrogen) atoms. The third-order valence-electron chi connectivity index (χ3n) is 5.71. The largest absolute Gasteiger partial charge is 0.497 e. The van der Waals surface area contributed by atoms with Crippen molar-refractivity contribution in [3.63, 3.8) is 0 Å². The number of anilines is 1. The number of ether oxygens (including phenoxy) is 1. The molecule has 4 rings (SSSR count). The highest BCUT2D eigenvalue weighted by Crippen LogP contribution is 2.40. The van der Waals surface area contributed by atoms with Gasteiger partial charge in [0.05, 0.1) is 35.3 Å². The molecule has 0 aliphatic heterocycles. The highest BCUT2D eigenvalue weighted by molar-refractivity contribution is 7.92. The Balaban J connectivity index is 2.09. The van der Waals surface area contributed by atoms with E-state index in [0.29, 0.717) is 28.0 Å². The summed E-state index contributed by atoms with van der Waals surface area (Å²) in [5.74, 6) is -0.809. The van der Waals surface area contributed by atoms with Crippen LogP contribution in [0.5, 0.6) is 5.75 Å². The lowest BCUT2D eigenvalue weighted by molar-refractivity contribution is 0.0697. The molecular formula is C25H27N5O5S. The van der Waals surface area contributed by atoms with E-state index in [1.807, 2.05) is 20.8 Å². The van der Waals surface area contributed by atoms with E-state index in [1.165, 1.54) is 30.1 Å². The van der Waals surface area contributed by atoms with E-state index >= 15 is 0 Å². The first kappa shape index (κ1) is 25.1. The predicted molar refractivity (Wildman–Crippen MR) is 135 cm³/mol. The Morgan fingerprint density at radius 3 is 2.39 bits per heavy atom. The van der Waals surface area contributed by atoms with Gasteiger partial charge in [-0.1, -0.05) is 26.8 Å². The van der Waals surface area contributed by atoms with Crippen LogP contribution in [0, 0.1) is 0 Å². The second-order valence-corrected chi connectivity index (χ2v) is 11.2. The number of carboxylic acid groups (broad SMARTS) is 1. The first-order valence-corrected chi connectivity index (χ1v) is 12.5. The molecule has 0 fully saturated rings. The van der Waals surface area contributed by atoms with E-state index in [1.54, 1.807) is 43.7 Å². The van der Waals surface area contributed by atoms with Gasteiger partial charge in [-0.05, 0) is 35.9 Å². The van der Waals surface area contributed by atoms with Gasteiger partial charge < -0.3 is 9.84 Å². The minimum atomic E-state index is -4.26. The fourth-order valence-electron chi connectivity index (χ4n) is 3.96. The van der Waals surface area contributed by atoms with Crippen molar-refractivity contribution in [1.82, 2.24) is 19.7 Å². The third-order valence-corrected chi connectivity index (χ3v) is 7.47. The molecule has 10 nitrogen and oxygen atoms in total. The number of carbonyl (C=O) groups is 1. The van der Waals surface area contributed by atoms with E-state index < -0.39 is 21.4 Å². The average Bonchev–Trinajstić information content (AvgIpc) is 3.20. The molecule has 4 aromatic rings. The Bertz CT molecular complexity index is 1530. The summed E-state index contributed by atoms with van der Waals surface area (Å²) in [7, 11) is -1.08. The fraction of sp³-hybridized carbons (Fsp3) is 0.280. The number of aryl methyl sites for hydroxylation is 1. The van der Waals surface area contributed by atoms with Crippen molar-refractivity contribution in [3.05, 3.63) is 71.8 Å². The molecule has 0 bridgehead atoms. The van der Waals surface area contributed by atoms with Crippen molar-refractivity contribution in [2.75, 3.05) is 11.4 Å². The molecule has 0 radical (unpaired) electrons. The SMILES string of the molecule is COc1ccc(S(=O)(=O)N(Cc2cccnc2)c2c(C(=O)O)cnc3c2c(C(C)(C)C)nn3C)cc1. The van der Waals surface area contributed by atoms with Crippen LogP contribution in [0.2, 0.25) is 0 Å². The molecule has 188 valence electrons. The molecular weight excluding hydrogens is 482 g/mol. The van der Waals surface area contributed by atoms with Crippen LogP contribution in [0.3, 0.4) is 0 Å². The number of aromatic carboxylic acids is 1. The Kier molecular flexibility index (Phi) is 6.44. The number of benzene rings is 1. The number of fused-ring (bicyclic) bond motifs is 1. The molecule has 0 aliphatic carbocycles. The number of methoxy groups -OCH3 is 1. The molecule has 0 atom stereocenters. The van der Waals surface area contributed by atoms with Crippen LogP contribution in [0.15, 0.2) is 59.9 Å². The molecule has 0 saturated heterocycles. The van der Waals surface area contributed by atoms with Gasteiger partial charge in [-0.2, -0.15) is 5.10 Å². The van der Waals surface area contributed by atoms with Crippen LogP contribution < -0.4 is 9.04 Å². The van der Waals surface area contributed by atoms with Gasteiger partial charge in [0.1, 0.15) is 11.3 Å². The summed E-state index contributed by atoms with van der Waals surface area (Å²) < 4.78 is 36.1. The first-order chi connectivity index (χ1) is 16.9. The number of aromatic nitrogens is 4. The Morgan fingerprint density at radius 2 is 1.83 bits per heavy atom. The van der Waals surface area contributed by atoms with Crippen LogP contribution >= 0.6 is 0 Å². The smallest absolute Gasteiger partial charge is 0.339 e. The summed E-state index contributed by atoms with van der Waals surface area (Å²) in [4.78, 5) is 20.8. The highest BCUT2D eigenvalue weighted by Gasteiger charge is 2.35. The molecule has 0 unspecified atom stereocenters. The lowest BCUT2D eigenvalue weighted by atomic mass is 9.89. The monoisotopic (exact) mass is 509 g/mol. The van der Waals surface area contributed by atoms with Gasteiger partial charge in [0, 0.05) is 31.1 Å². The number of hydrogen-bond donors (Lipinski definition) is 1. The van der Waals surface area contributed by atoms with Gasteiger partial charge in [-0.3, -0.25) is 14.0 Å². The van der Waals surface area contributed by atoms with Crippen molar-refractivity contribution in [3.8, 4) is 5.75 Å². The Morgan fingerprint density at radius 1 is 1.14 bits per heavy atom. The van der Waals surface area contributed by atoms with Crippen molar-refractivity contribution in [2.45, 2.75) is 37.6 Å². The quantitative estimate of drug-likeness (QED) is 0.399. The summed E-state index contributed by atoms with van der Waals surface area (Å²) in [6, 6.07) is 9.36. The number of carboxylic acids is 1. The van der Waals surface area contributed by atoms with Gasteiger partial charge in [0.15, 0.2) is 5.65 Å². The van der Waals surface area contributed by atoms with Gasteiger partial charge in [-0.25, -0.2) is 18.2 Å². The van der Waals surface area contributed by atoms with Gasteiger partial charge in [0.2, 0.25) is 0 Å². The molecule has 0 amide bonds. The summed E-state index contributed by atoms with van der Waals surface area (Å²) >= 11 is 0. The van der Waals surface area contributed by atoms with Crippen molar-refractivity contribution >= 4 is 32.7 Å². The van der Waals surface area contributed by atoms with Crippen LogP contribution in [-0.2, 0) is 29.0 Å². The summed E-state index contributed by atoms with van der Waals surface area (Å²) in [5, 5.41) is 15.1. The molecule has 3 heterocycles. The maximum absolute atomic E-state index is 14.1. The molecule has 0 saturated carbocycles. The highest BCUT2D eigenvalue weighted by atomic mass is 32.2. The van der Waals surface area contributed by atoms with E-state index in [9.17, 15) is 18.3 Å².